The minimum absolute atomic E-state index is 0.0142. The number of nitrogens with one attached hydrogen (secondary N) is 2. The van der Waals surface area contributed by atoms with E-state index < -0.39 is 0 Å². The molecule has 1 aromatic rings. The Morgan fingerprint density at radius 2 is 2.31 bits per heavy atom. The van der Waals surface area contributed by atoms with Gasteiger partial charge in [0.2, 0.25) is 5.91 Å². The van der Waals surface area contributed by atoms with E-state index in [-0.39, 0.29) is 5.91 Å². The second-order valence-electron chi connectivity index (χ2n) is 3.01. The lowest BCUT2D eigenvalue weighted by atomic mass is 10.4. The number of thioether (sulfide) groups is 1. The van der Waals surface area contributed by atoms with Crippen molar-refractivity contribution in [1.82, 2.24) is 15.3 Å². The van der Waals surface area contributed by atoms with E-state index in [2.05, 4.69) is 20.6 Å². The molecule has 0 saturated heterocycles. The lowest BCUT2D eigenvalue weighted by Gasteiger charge is -2.06. The molecule has 16 heavy (non-hydrogen) atoms. The molecule has 6 nitrogen and oxygen atoms in total. The van der Waals surface area contributed by atoms with Crippen molar-refractivity contribution in [2.75, 3.05) is 30.9 Å². The molecule has 0 aliphatic carbocycles. The summed E-state index contributed by atoms with van der Waals surface area (Å²) in [6, 6.07) is 1.64. The molecular weight excluding hydrogens is 226 g/mol. The number of hydrogen-bond donors (Lipinski definition) is 3. The molecule has 0 spiro atoms. The van der Waals surface area contributed by atoms with Gasteiger partial charge in [-0.15, -0.1) is 0 Å². The Balaban J connectivity index is 2.53. The van der Waals surface area contributed by atoms with Crippen molar-refractivity contribution in [3.05, 3.63) is 6.07 Å². The smallest absolute Gasteiger partial charge is 0.221 e. The highest BCUT2D eigenvalue weighted by molar-refractivity contribution is 7.98. The first-order valence-corrected chi connectivity index (χ1v) is 6.01. The number of amides is 1. The number of carbonyl (C=O) groups is 1. The summed E-state index contributed by atoms with van der Waals surface area (Å²) in [6.07, 6.45) is 2.28. The van der Waals surface area contributed by atoms with Crippen LogP contribution in [-0.2, 0) is 4.79 Å². The third-order valence-corrected chi connectivity index (χ3v) is 2.39. The van der Waals surface area contributed by atoms with Crippen LogP contribution in [0.2, 0.25) is 0 Å². The highest BCUT2D eigenvalue weighted by atomic mass is 32.2. The van der Waals surface area contributed by atoms with Gasteiger partial charge in [0.1, 0.15) is 11.6 Å². The first kappa shape index (κ1) is 12.6. The van der Waals surface area contributed by atoms with Gasteiger partial charge in [0.15, 0.2) is 5.16 Å². The second kappa shape index (κ2) is 6.16. The van der Waals surface area contributed by atoms with E-state index in [1.165, 1.54) is 11.8 Å². The van der Waals surface area contributed by atoms with Gasteiger partial charge in [-0.25, -0.2) is 9.97 Å². The van der Waals surface area contributed by atoms with Crippen LogP contribution >= 0.6 is 11.8 Å². The van der Waals surface area contributed by atoms with Gasteiger partial charge in [-0.1, -0.05) is 11.8 Å². The maximum Gasteiger partial charge on any atom is 0.221 e. The number of nitrogens with two attached hydrogens (primary N) is 1. The summed E-state index contributed by atoms with van der Waals surface area (Å²) in [5.41, 5.74) is 5.61. The summed E-state index contributed by atoms with van der Waals surface area (Å²) in [7, 11) is 1.61. The largest absolute Gasteiger partial charge is 0.383 e. The lowest BCUT2D eigenvalue weighted by Crippen LogP contribution is -2.21. The quantitative estimate of drug-likeness (QED) is 0.508. The fraction of sp³-hybridized carbons (Fsp3) is 0.444. The first-order valence-electron chi connectivity index (χ1n) is 4.78. The number of aromatic nitrogens is 2. The van der Waals surface area contributed by atoms with E-state index in [9.17, 15) is 4.79 Å². The number of carbonyl (C=O) groups excluding carboxylic acids is 1. The zero-order chi connectivity index (χ0) is 12.0. The highest BCUT2D eigenvalue weighted by Gasteiger charge is 2.02. The molecule has 88 valence electrons. The fourth-order valence-electron chi connectivity index (χ4n) is 1.05. The molecule has 1 aromatic heterocycles. The van der Waals surface area contributed by atoms with Crippen molar-refractivity contribution in [3.63, 3.8) is 0 Å². The molecule has 1 rings (SSSR count). The number of nitrogens with zero attached hydrogens (tertiary/aromatic N) is 2. The van der Waals surface area contributed by atoms with Crippen LogP contribution in [0, 0.1) is 0 Å². The van der Waals surface area contributed by atoms with Crippen LogP contribution in [0.15, 0.2) is 11.2 Å². The summed E-state index contributed by atoms with van der Waals surface area (Å²) >= 11 is 1.42. The highest BCUT2D eigenvalue weighted by Crippen LogP contribution is 2.14. The van der Waals surface area contributed by atoms with E-state index in [1.807, 2.05) is 6.26 Å². The molecule has 0 aromatic carbocycles. The zero-order valence-corrected chi connectivity index (χ0v) is 10.1. The lowest BCUT2D eigenvalue weighted by molar-refractivity contribution is -0.120. The Bertz CT molecular complexity index is 371. The Hall–Kier alpha value is -1.50. The SMILES string of the molecule is CNC(=O)CCNc1cc(N)nc(SC)n1. The van der Waals surface area contributed by atoms with Crippen molar-refractivity contribution in [2.24, 2.45) is 0 Å². The first-order chi connectivity index (χ1) is 7.65. The van der Waals surface area contributed by atoms with E-state index in [4.69, 9.17) is 5.73 Å². The van der Waals surface area contributed by atoms with Crippen molar-refractivity contribution < 1.29 is 4.79 Å². The van der Waals surface area contributed by atoms with E-state index in [1.54, 1.807) is 13.1 Å². The van der Waals surface area contributed by atoms with E-state index in [0.717, 1.165) is 0 Å². The molecule has 1 amide bonds. The predicted octanol–water partition coefficient (Wildman–Crippen LogP) is 0.329. The summed E-state index contributed by atoms with van der Waals surface area (Å²) in [5, 5.41) is 6.18. The van der Waals surface area contributed by atoms with Gasteiger partial charge in [-0.3, -0.25) is 4.79 Å². The number of rotatable bonds is 5. The predicted molar refractivity (Wildman–Crippen MR) is 65.4 cm³/mol. The van der Waals surface area contributed by atoms with Gasteiger partial charge in [0.25, 0.3) is 0 Å². The molecule has 0 unspecified atom stereocenters. The van der Waals surface area contributed by atoms with Crippen molar-refractivity contribution in [3.8, 4) is 0 Å². The Morgan fingerprint density at radius 3 is 2.94 bits per heavy atom. The summed E-state index contributed by atoms with van der Waals surface area (Å²) in [6.45, 7) is 0.518. The maximum atomic E-state index is 11.0. The summed E-state index contributed by atoms with van der Waals surface area (Å²) in [5.74, 6) is 1.04. The Kier molecular flexibility index (Phi) is 4.84. The Labute approximate surface area is 98.4 Å². The van der Waals surface area contributed by atoms with Crippen molar-refractivity contribution in [2.45, 2.75) is 11.6 Å². The molecular formula is C9H15N5OS. The van der Waals surface area contributed by atoms with Crippen molar-refractivity contribution >= 4 is 29.3 Å². The molecule has 1 heterocycles. The van der Waals surface area contributed by atoms with Gasteiger partial charge in [0.05, 0.1) is 0 Å². The van der Waals surface area contributed by atoms with E-state index in [0.29, 0.717) is 29.8 Å². The van der Waals surface area contributed by atoms with Gasteiger partial charge in [0, 0.05) is 26.1 Å². The van der Waals surface area contributed by atoms with E-state index >= 15 is 0 Å². The molecule has 0 aliphatic rings. The monoisotopic (exact) mass is 241 g/mol. The fourth-order valence-corrected chi connectivity index (χ4v) is 1.44. The van der Waals surface area contributed by atoms with Crippen LogP contribution in [0.25, 0.3) is 0 Å². The van der Waals surface area contributed by atoms with Crippen LogP contribution in [0.3, 0.4) is 0 Å². The summed E-state index contributed by atoms with van der Waals surface area (Å²) < 4.78 is 0. The Morgan fingerprint density at radius 1 is 1.56 bits per heavy atom. The van der Waals surface area contributed by atoms with Crippen LogP contribution in [0.5, 0.6) is 0 Å². The normalized spacial score (nSPS) is 9.88. The minimum Gasteiger partial charge on any atom is -0.383 e. The molecule has 0 fully saturated rings. The topological polar surface area (TPSA) is 92.9 Å². The minimum atomic E-state index is -0.0142. The molecule has 0 radical (unpaired) electrons. The number of hydrogen-bond acceptors (Lipinski definition) is 6. The maximum absolute atomic E-state index is 11.0. The third kappa shape index (κ3) is 3.93. The average molecular weight is 241 g/mol. The molecule has 0 aliphatic heterocycles. The van der Waals surface area contributed by atoms with Crippen LogP contribution < -0.4 is 16.4 Å². The van der Waals surface area contributed by atoms with Gasteiger partial charge in [-0.2, -0.15) is 0 Å². The number of nitrogen functional groups attached to an aromatic ring is 1. The van der Waals surface area contributed by atoms with Crippen molar-refractivity contribution in [1.29, 1.82) is 0 Å². The van der Waals surface area contributed by atoms with Gasteiger partial charge in [-0.05, 0) is 6.26 Å². The zero-order valence-electron chi connectivity index (χ0n) is 9.28. The second-order valence-corrected chi connectivity index (χ2v) is 3.79. The molecule has 0 atom stereocenters. The summed E-state index contributed by atoms with van der Waals surface area (Å²) in [4.78, 5) is 19.2. The van der Waals surface area contributed by atoms with Crippen LogP contribution in [-0.4, -0.2) is 35.7 Å². The third-order valence-electron chi connectivity index (χ3n) is 1.85. The number of anilines is 2. The van der Waals surface area contributed by atoms with Gasteiger partial charge < -0.3 is 16.4 Å². The van der Waals surface area contributed by atoms with Gasteiger partial charge >= 0.3 is 0 Å². The molecule has 7 heteroatoms. The molecule has 4 N–H and O–H groups in total. The van der Waals surface area contributed by atoms with Crippen LogP contribution in [0.1, 0.15) is 6.42 Å². The standard InChI is InChI=1S/C9H15N5OS/c1-11-8(15)3-4-12-7-5-6(10)13-9(14-7)16-2/h5H,3-4H2,1-2H3,(H,11,15)(H3,10,12,13,14). The molecule has 0 bridgehead atoms. The van der Waals surface area contributed by atoms with Crippen LogP contribution in [0.4, 0.5) is 11.6 Å². The molecule has 0 saturated carbocycles. The average Bonchev–Trinajstić information content (AvgIpc) is 2.28.